The van der Waals surface area contributed by atoms with E-state index in [4.69, 9.17) is 5.26 Å². The Hall–Kier alpha value is -2.10. The molecule has 1 amide bonds. The first-order chi connectivity index (χ1) is 10.5. The quantitative estimate of drug-likeness (QED) is 0.430. The van der Waals surface area contributed by atoms with Crippen LogP contribution in [-0.4, -0.2) is 11.0 Å². The summed E-state index contributed by atoms with van der Waals surface area (Å²) >= 11 is 6.58. The molecule has 0 saturated carbocycles. The number of anilines is 1. The fourth-order valence-corrected chi connectivity index (χ4v) is 2.22. The molecule has 2 aromatic carbocycles. The van der Waals surface area contributed by atoms with Crippen LogP contribution in [0.15, 0.2) is 63.0 Å². The number of nitrogens with one attached hydrogen (secondary N) is 1. The van der Waals surface area contributed by atoms with Gasteiger partial charge in [-0.25, -0.2) is 0 Å². The molecule has 0 unspecified atom stereocenters. The number of halogens is 2. The monoisotopic (exact) mass is 420 g/mol. The van der Waals surface area contributed by atoms with Gasteiger partial charge in [0.2, 0.25) is 0 Å². The van der Waals surface area contributed by atoms with E-state index in [1.54, 1.807) is 54.6 Å². The molecule has 0 aliphatic heterocycles. The predicted molar refractivity (Wildman–Crippen MR) is 92.1 cm³/mol. The Morgan fingerprint density at radius 2 is 1.50 bits per heavy atom. The van der Waals surface area contributed by atoms with Crippen LogP contribution in [0.3, 0.4) is 0 Å². The number of hydrogen-bond acceptors (Lipinski definition) is 3. The number of aliphatic hydroxyl groups is 1. The van der Waals surface area contributed by atoms with E-state index >= 15 is 0 Å². The van der Waals surface area contributed by atoms with Gasteiger partial charge in [-0.3, -0.25) is 4.79 Å². The van der Waals surface area contributed by atoms with Crippen LogP contribution in [-0.2, 0) is 4.79 Å². The Morgan fingerprint density at radius 3 is 2.00 bits per heavy atom. The van der Waals surface area contributed by atoms with Crippen molar-refractivity contribution in [3.05, 3.63) is 68.6 Å². The van der Waals surface area contributed by atoms with Gasteiger partial charge >= 0.3 is 0 Å². The second-order valence-electron chi connectivity index (χ2n) is 4.30. The summed E-state index contributed by atoms with van der Waals surface area (Å²) in [5, 5.41) is 21.9. The van der Waals surface area contributed by atoms with E-state index in [-0.39, 0.29) is 11.3 Å². The van der Waals surface area contributed by atoms with Gasteiger partial charge in [-0.2, -0.15) is 5.26 Å². The number of nitriles is 1. The summed E-state index contributed by atoms with van der Waals surface area (Å²) in [6, 6.07) is 15.3. The summed E-state index contributed by atoms with van der Waals surface area (Å²) < 4.78 is 1.71. The molecule has 2 N–H and O–H groups in total. The number of amides is 1. The van der Waals surface area contributed by atoms with Crippen LogP contribution in [0.25, 0.3) is 5.76 Å². The lowest BCUT2D eigenvalue weighted by Gasteiger charge is -2.07. The highest BCUT2D eigenvalue weighted by atomic mass is 79.9. The number of carbonyl (C=O) groups is 1. The van der Waals surface area contributed by atoms with E-state index in [2.05, 4.69) is 37.2 Å². The van der Waals surface area contributed by atoms with Crippen LogP contribution in [0.4, 0.5) is 5.69 Å². The maximum Gasteiger partial charge on any atom is 0.270 e. The minimum atomic E-state index is -0.662. The van der Waals surface area contributed by atoms with E-state index in [0.717, 1.165) is 8.95 Å². The molecular weight excluding hydrogens is 412 g/mol. The van der Waals surface area contributed by atoms with Crippen molar-refractivity contribution >= 4 is 49.2 Å². The Morgan fingerprint density at radius 1 is 1.00 bits per heavy atom. The lowest BCUT2D eigenvalue weighted by Crippen LogP contribution is -2.15. The summed E-state index contributed by atoms with van der Waals surface area (Å²) in [6.45, 7) is 0. The predicted octanol–water partition coefficient (Wildman–Crippen LogP) is 4.64. The Balaban J connectivity index is 2.28. The maximum absolute atomic E-state index is 12.1. The van der Waals surface area contributed by atoms with Crippen LogP contribution >= 0.6 is 31.9 Å². The van der Waals surface area contributed by atoms with Crippen LogP contribution in [0, 0.1) is 11.3 Å². The summed E-state index contributed by atoms with van der Waals surface area (Å²) in [5.74, 6) is -1.02. The highest BCUT2D eigenvalue weighted by molar-refractivity contribution is 9.10. The fourth-order valence-electron chi connectivity index (χ4n) is 1.69. The molecule has 0 aromatic heterocycles. The molecule has 2 aromatic rings. The number of hydrogen-bond donors (Lipinski definition) is 2. The molecule has 0 bridgehead atoms. The van der Waals surface area contributed by atoms with Crippen molar-refractivity contribution in [3.63, 3.8) is 0 Å². The number of nitrogens with zero attached hydrogens (tertiary/aromatic N) is 1. The minimum Gasteiger partial charge on any atom is -0.506 e. The zero-order valence-electron chi connectivity index (χ0n) is 11.2. The highest BCUT2D eigenvalue weighted by Gasteiger charge is 2.16. The van der Waals surface area contributed by atoms with Crippen molar-refractivity contribution in [2.75, 3.05) is 5.32 Å². The van der Waals surface area contributed by atoms with Crippen molar-refractivity contribution in [2.24, 2.45) is 0 Å². The number of carbonyl (C=O) groups excluding carboxylic acids is 1. The number of benzene rings is 2. The van der Waals surface area contributed by atoms with Gasteiger partial charge in [0.25, 0.3) is 5.91 Å². The normalized spacial score (nSPS) is 11.3. The van der Waals surface area contributed by atoms with Crippen LogP contribution in [0.2, 0.25) is 0 Å². The molecule has 0 atom stereocenters. The second-order valence-corrected chi connectivity index (χ2v) is 6.13. The molecule has 4 nitrogen and oxygen atoms in total. The average molecular weight is 422 g/mol. The Kier molecular flexibility index (Phi) is 5.36. The van der Waals surface area contributed by atoms with Crippen molar-refractivity contribution in [3.8, 4) is 6.07 Å². The molecule has 0 aliphatic rings. The van der Waals surface area contributed by atoms with E-state index in [9.17, 15) is 9.90 Å². The van der Waals surface area contributed by atoms with Crippen molar-refractivity contribution in [1.82, 2.24) is 0 Å². The van der Waals surface area contributed by atoms with Crippen molar-refractivity contribution in [2.45, 2.75) is 0 Å². The molecule has 0 heterocycles. The van der Waals surface area contributed by atoms with Crippen molar-refractivity contribution in [1.29, 1.82) is 5.26 Å². The zero-order valence-corrected chi connectivity index (χ0v) is 14.3. The lowest BCUT2D eigenvalue weighted by molar-refractivity contribution is -0.112. The Bertz CT molecular complexity index is 760. The van der Waals surface area contributed by atoms with Crippen LogP contribution < -0.4 is 5.32 Å². The maximum atomic E-state index is 12.1. The standard InChI is InChI=1S/C16H10Br2N2O2/c17-11-3-1-10(2-4-11)15(21)14(9-19)16(22)20-13-7-5-12(18)6-8-13/h1-8,21H,(H,20,22)/b15-14-. The van der Waals surface area contributed by atoms with Crippen LogP contribution in [0.1, 0.15) is 5.56 Å². The largest absolute Gasteiger partial charge is 0.506 e. The molecule has 6 heteroatoms. The van der Waals surface area contributed by atoms with Gasteiger partial charge < -0.3 is 10.4 Å². The molecular formula is C16H10Br2N2O2. The van der Waals surface area contributed by atoms with Gasteiger partial charge in [0.05, 0.1) is 0 Å². The summed E-state index contributed by atoms with van der Waals surface area (Å²) in [5.41, 5.74) is 0.584. The van der Waals surface area contributed by atoms with E-state index in [0.29, 0.717) is 11.3 Å². The molecule has 0 spiro atoms. The lowest BCUT2D eigenvalue weighted by atomic mass is 10.1. The first-order valence-corrected chi connectivity index (χ1v) is 7.76. The topological polar surface area (TPSA) is 73.1 Å². The van der Waals surface area contributed by atoms with Crippen molar-refractivity contribution < 1.29 is 9.90 Å². The fraction of sp³-hybridized carbons (Fsp3) is 0. The third-order valence-electron chi connectivity index (χ3n) is 2.80. The van der Waals surface area contributed by atoms with Gasteiger partial charge in [0.15, 0.2) is 5.57 Å². The molecule has 22 heavy (non-hydrogen) atoms. The molecule has 0 aliphatic carbocycles. The van der Waals surface area contributed by atoms with Gasteiger partial charge in [-0.15, -0.1) is 0 Å². The molecule has 110 valence electrons. The molecule has 0 saturated heterocycles. The average Bonchev–Trinajstić information content (AvgIpc) is 2.51. The van der Waals surface area contributed by atoms with E-state index < -0.39 is 5.91 Å². The molecule has 0 radical (unpaired) electrons. The van der Waals surface area contributed by atoms with E-state index in [1.807, 2.05) is 0 Å². The molecule has 0 fully saturated rings. The summed E-state index contributed by atoms with van der Waals surface area (Å²) in [6.07, 6.45) is 0. The van der Waals surface area contributed by atoms with E-state index in [1.165, 1.54) is 0 Å². The second kappa shape index (κ2) is 7.25. The first-order valence-electron chi connectivity index (χ1n) is 6.17. The van der Waals surface area contributed by atoms with Gasteiger partial charge in [0.1, 0.15) is 11.8 Å². The van der Waals surface area contributed by atoms with Gasteiger partial charge in [0, 0.05) is 20.2 Å². The van der Waals surface area contributed by atoms with Crippen LogP contribution in [0.5, 0.6) is 0 Å². The SMILES string of the molecule is N#C/C(C(=O)Nc1ccc(Br)cc1)=C(/O)c1ccc(Br)cc1. The van der Waals surface area contributed by atoms with Gasteiger partial charge in [-0.05, 0) is 36.4 Å². The Labute approximate surface area is 144 Å². The number of rotatable bonds is 3. The summed E-state index contributed by atoms with van der Waals surface area (Å²) in [4.78, 5) is 12.1. The van der Waals surface area contributed by atoms with Gasteiger partial charge in [-0.1, -0.05) is 44.0 Å². The molecule has 2 rings (SSSR count). The zero-order chi connectivity index (χ0) is 16.1. The third-order valence-corrected chi connectivity index (χ3v) is 3.85. The highest BCUT2D eigenvalue weighted by Crippen LogP contribution is 2.20. The summed E-state index contributed by atoms with van der Waals surface area (Å²) in [7, 11) is 0. The first kappa shape index (κ1) is 16.3. The smallest absolute Gasteiger partial charge is 0.270 e. The third kappa shape index (κ3) is 3.97. The number of aliphatic hydroxyl groups excluding tert-OH is 1. The minimum absolute atomic E-state index is 0.342.